The number of halogens is 4. The predicted molar refractivity (Wildman–Crippen MR) is 99.7 cm³/mol. The van der Waals surface area contributed by atoms with E-state index in [1.165, 1.54) is 35.5 Å². The zero-order valence-electron chi connectivity index (χ0n) is 14.6. The minimum absolute atomic E-state index is 0.152. The van der Waals surface area contributed by atoms with Gasteiger partial charge in [-0.3, -0.25) is 4.79 Å². The third kappa shape index (κ3) is 3.79. The number of carbonyl (C=O) groups excluding carboxylic acids is 1. The molecule has 7 nitrogen and oxygen atoms in total. The van der Waals surface area contributed by atoms with Crippen LogP contribution in [0.5, 0.6) is 0 Å². The molecule has 0 radical (unpaired) electrons. The lowest BCUT2D eigenvalue weighted by atomic mass is 10.2. The molecule has 0 aliphatic carbocycles. The van der Waals surface area contributed by atoms with Gasteiger partial charge in [0.1, 0.15) is 19.2 Å². The quantitative estimate of drug-likeness (QED) is 0.542. The number of nitrogens with one attached hydrogen (secondary N) is 1. The lowest BCUT2D eigenvalue weighted by molar-refractivity contribution is -0.147. The summed E-state index contributed by atoms with van der Waals surface area (Å²) in [4.78, 5) is 20.1. The predicted octanol–water partition coefficient (Wildman–Crippen LogP) is 3.93. The third-order valence-electron chi connectivity index (χ3n) is 4.11. The number of carbonyl (C=O) groups is 1. The first kappa shape index (κ1) is 18.9. The average Bonchev–Trinajstić information content (AvgIpc) is 3.30. The van der Waals surface area contributed by atoms with Gasteiger partial charge >= 0.3 is 6.18 Å². The van der Waals surface area contributed by atoms with E-state index in [9.17, 15) is 18.0 Å². The maximum atomic E-state index is 13.4. The maximum absolute atomic E-state index is 13.4. The van der Waals surface area contributed by atoms with Crippen molar-refractivity contribution >= 4 is 34.2 Å². The van der Waals surface area contributed by atoms with E-state index in [2.05, 4.69) is 20.4 Å². The largest absolute Gasteiger partial charge is 0.449 e. The van der Waals surface area contributed by atoms with Crippen LogP contribution >= 0.6 is 11.6 Å². The van der Waals surface area contributed by atoms with E-state index in [-0.39, 0.29) is 16.7 Å². The van der Waals surface area contributed by atoms with Gasteiger partial charge in [0.2, 0.25) is 11.7 Å². The molecule has 1 amide bonds. The van der Waals surface area contributed by atoms with Gasteiger partial charge in [-0.1, -0.05) is 23.7 Å². The first-order chi connectivity index (χ1) is 13.8. The highest BCUT2D eigenvalue weighted by atomic mass is 35.5. The zero-order valence-corrected chi connectivity index (χ0v) is 15.3. The van der Waals surface area contributed by atoms with Crippen molar-refractivity contribution < 1.29 is 18.0 Å². The molecule has 0 atom stereocenters. The van der Waals surface area contributed by atoms with Crippen LogP contribution in [0.1, 0.15) is 5.82 Å². The monoisotopic (exact) mass is 420 g/mol. The summed E-state index contributed by atoms with van der Waals surface area (Å²) < 4.78 is 42.5. The molecule has 0 bridgehead atoms. The molecule has 2 aromatic heterocycles. The molecule has 11 heteroatoms. The highest BCUT2D eigenvalue weighted by molar-refractivity contribution is 6.31. The van der Waals surface area contributed by atoms with Gasteiger partial charge < -0.3 is 9.88 Å². The molecule has 0 spiro atoms. The Balaban J connectivity index is 1.68. The standard InChI is InChI=1S/C18H12ClF3N6O/c19-11-5-6-15(28-10-23-9-24-28)13(7-11)25-16(29)8-27-14-4-2-1-3-12(14)26-17(27)18(20,21)22/h1-7,9-10H,8H2,(H,25,29). The normalized spacial score (nSPS) is 11.7. The number of amides is 1. The van der Waals surface area contributed by atoms with Crippen LogP contribution in [0.25, 0.3) is 16.7 Å². The number of hydrogen-bond acceptors (Lipinski definition) is 4. The summed E-state index contributed by atoms with van der Waals surface area (Å²) in [6.07, 6.45) is -1.97. The Hall–Kier alpha value is -3.40. The first-order valence-corrected chi connectivity index (χ1v) is 8.67. The van der Waals surface area contributed by atoms with Gasteiger partial charge in [0, 0.05) is 5.02 Å². The van der Waals surface area contributed by atoms with Crippen molar-refractivity contribution in [1.29, 1.82) is 0 Å². The fourth-order valence-corrected chi connectivity index (χ4v) is 3.10. The highest BCUT2D eigenvalue weighted by Gasteiger charge is 2.38. The Bertz CT molecular complexity index is 1190. The highest BCUT2D eigenvalue weighted by Crippen LogP contribution is 2.31. The van der Waals surface area contributed by atoms with Crippen molar-refractivity contribution in [2.75, 3.05) is 5.32 Å². The molecule has 0 aliphatic rings. The Morgan fingerprint density at radius 3 is 2.69 bits per heavy atom. The molecule has 29 heavy (non-hydrogen) atoms. The van der Waals surface area contributed by atoms with Crippen molar-refractivity contribution in [3.63, 3.8) is 0 Å². The molecule has 2 heterocycles. The van der Waals surface area contributed by atoms with Gasteiger partial charge in [-0.25, -0.2) is 14.6 Å². The second-order valence-electron chi connectivity index (χ2n) is 6.06. The summed E-state index contributed by atoms with van der Waals surface area (Å²) in [5.41, 5.74) is 1.11. The smallest absolute Gasteiger partial charge is 0.323 e. The van der Waals surface area contributed by atoms with Gasteiger partial charge in [-0.05, 0) is 30.3 Å². The number of fused-ring (bicyclic) bond motifs is 1. The minimum atomic E-state index is -4.71. The number of anilines is 1. The first-order valence-electron chi connectivity index (χ1n) is 8.30. The third-order valence-corrected chi connectivity index (χ3v) is 4.34. The zero-order chi connectivity index (χ0) is 20.6. The number of nitrogens with zero attached hydrogens (tertiary/aromatic N) is 5. The number of hydrogen-bond donors (Lipinski definition) is 1. The number of imidazole rings is 1. The van der Waals surface area contributed by atoms with E-state index >= 15 is 0 Å². The van der Waals surface area contributed by atoms with E-state index in [1.807, 2.05) is 0 Å². The molecule has 0 unspecified atom stereocenters. The lowest BCUT2D eigenvalue weighted by Gasteiger charge is -2.14. The van der Waals surface area contributed by atoms with Crippen molar-refractivity contribution in [3.05, 3.63) is 66.0 Å². The molecule has 4 rings (SSSR count). The molecule has 0 saturated heterocycles. The van der Waals surface area contributed by atoms with Crippen LogP contribution in [0.3, 0.4) is 0 Å². The van der Waals surface area contributed by atoms with Crippen LogP contribution in [-0.4, -0.2) is 30.2 Å². The van der Waals surface area contributed by atoms with Crippen LogP contribution in [0.15, 0.2) is 55.1 Å². The van der Waals surface area contributed by atoms with Crippen LogP contribution in [0.4, 0.5) is 18.9 Å². The molecule has 1 N–H and O–H groups in total. The van der Waals surface area contributed by atoms with Crippen molar-refractivity contribution in [2.24, 2.45) is 0 Å². The molecular formula is C18H12ClF3N6O. The Labute approximate surface area is 166 Å². The summed E-state index contributed by atoms with van der Waals surface area (Å²) in [5.74, 6) is -1.82. The molecule has 148 valence electrons. The fraction of sp³-hybridized carbons (Fsp3) is 0.111. The van der Waals surface area contributed by atoms with E-state index in [1.54, 1.807) is 24.3 Å². The van der Waals surface area contributed by atoms with E-state index in [0.717, 1.165) is 4.57 Å². The maximum Gasteiger partial charge on any atom is 0.449 e. The van der Waals surface area contributed by atoms with E-state index in [4.69, 9.17) is 11.6 Å². The topological polar surface area (TPSA) is 77.6 Å². The number of rotatable bonds is 4. The van der Waals surface area contributed by atoms with Crippen molar-refractivity contribution in [2.45, 2.75) is 12.7 Å². The second kappa shape index (κ2) is 7.21. The Morgan fingerprint density at radius 1 is 1.17 bits per heavy atom. The SMILES string of the molecule is O=C(Cn1c(C(F)(F)F)nc2ccccc21)Nc1cc(Cl)ccc1-n1cncn1. The summed E-state index contributed by atoms with van der Waals surface area (Å²) in [5, 5.41) is 6.93. The molecule has 0 fully saturated rings. The number of para-hydroxylation sites is 2. The molecular weight excluding hydrogens is 409 g/mol. The summed E-state index contributed by atoms with van der Waals surface area (Å²) in [7, 11) is 0. The molecule has 0 saturated carbocycles. The van der Waals surface area contributed by atoms with E-state index < -0.39 is 24.5 Å². The molecule has 4 aromatic rings. The average molecular weight is 421 g/mol. The van der Waals surface area contributed by atoms with Crippen LogP contribution < -0.4 is 5.32 Å². The van der Waals surface area contributed by atoms with Crippen molar-refractivity contribution in [3.8, 4) is 5.69 Å². The van der Waals surface area contributed by atoms with Crippen molar-refractivity contribution in [1.82, 2.24) is 24.3 Å². The van der Waals surface area contributed by atoms with E-state index in [0.29, 0.717) is 10.7 Å². The van der Waals surface area contributed by atoms with Gasteiger partial charge in [0.15, 0.2) is 0 Å². The van der Waals surface area contributed by atoms with Gasteiger partial charge in [-0.2, -0.15) is 18.3 Å². The minimum Gasteiger partial charge on any atom is -0.323 e. The van der Waals surface area contributed by atoms with Gasteiger partial charge in [0.05, 0.1) is 22.4 Å². The molecule has 2 aromatic carbocycles. The summed E-state index contributed by atoms with van der Waals surface area (Å²) in [6, 6.07) is 10.8. The number of benzene rings is 2. The van der Waals surface area contributed by atoms with Crippen LogP contribution in [-0.2, 0) is 17.5 Å². The van der Waals surface area contributed by atoms with Gasteiger partial charge in [-0.15, -0.1) is 0 Å². The van der Waals surface area contributed by atoms with Crippen LogP contribution in [0.2, 0.25) is 5.02 Å². The number of alkyl halides is 3. The summed E-state index contributed by atoms with van der Waals surface area (Å²) in [6.45, 7) is -0.585. The number of aromatic nitrogens is 5. The Kier molecular flexibility index (Phi) is 4.71. The van der Waals surface area contributed by atoms with Gasteiger partial charge in [0.25, 0.3) is 0 Å². The van der Waals surface area contributed by atoms with Crippen LogP contribution in [0, 0.1) is 0 Å². The summed E-state index contributed by atoms with van der Waals surface area (Å²) >= 11 is 6.01. The Morgan fingerprint density at radius 2 is 1.97 bits per heavy atom. The lowest BCUT2D eigenvalue weighted by Crippen LogP contribution is -2.24. The molecule has 0 aliphatic heterocycles. The second-order valence-corrected chi connectivity index (χ2v) is 6.49. The fourth-order valence-electron chi connectivity index (χ4n) is 2.93.